The van der Waals surface area contributed by atoms with E-state index >= 15 is 0 Å². The summed E-state index contributed by atoms with van der Waals surface area (Å²) in [5.74, 6) is 5.34. The highest BCUT2D eigenvalue weighted by molar-refractivity contribution is 7.14. The SMILES string of the molecule is Cc1cnccc1CNC(=O)c1cc(C)c(C#CCO)s1. The zero-order chi connectivity index (χ0) is 15.2. The molecule has 0 aliphatic carbocycles. The second-order valence-corrected chi connectivity index (χ2v) is 5.62. The third-order valence-electron chi connectivity index (χ3n) is 3.00. The Morgan fingerprint density at radius 1 is 1.43 bits per heavy atom. The highest BCUT2D eigenvalue weighted by Crippen LogP contribution is 2.21. The normalized spacial score (nSPS) is 9.86. The van der Waals surface area contributed by atoms with E-state index in [4.69, 9.17) is 5.11 Å². The minimum atomic E-state index is -0.180. The first-order valence-corrected chi connectivity index (χ1v) is 7.31. The second-order valence-electron chi connectivity index (χ2n) is 4.57. The van der Waals surface area contributed by atoms with Gasteiger partial charge in [-0.25, -0.2) is 0 Å². The van der Waals surface area contributed by atoms with Gasteiger partial charge in [-0.2, -0.15) is 0 Å². The minimum absolute atomic E-state index is 0.114. The first-order chi connectivity index (χ1) is 10.1. The van der Waals surface area contributed by atoms with Gasteiger partial charge in [0.05, 0.1) is 9.75 Å². The highest BCUT2D eigenvalue weighted by Gasteiger charge is 2.11. The topological polar surface area (TPSA) is 62.2 Å². The van der Waals surface area contributed by atoms with Gasteiger partial charge in [-0.05, 0) is 42.7 Å². The molecule has 2 N–H and O–H groups in total. The van der Waals surface area contributed by atoms with Crippen LogP contribution in [0.5, 0.6) is 0 Å². The number of pyridine rings is 1. The summed E-state index contributed by atoms with van der Waals surface area (Å²) in [6, 6.07) is 3.72. The van der Waals surface area contributed by atoms with Gasteiger partial charge in [-0.15, -0.1) is 11.3 Å². The van der Waals surface area contributed by atoms with E-state index in [0.29, 0.717) is 11.4 Å². The van der Waals surface area contributed by atoms with Gasteiger partial charge in [0.2, 0.25) is 0 Å². The number of nitrogens with one attached hydrogen (secondary N) is 1. The highest BCUT2D eigenvalue weighted by atomic mass is 32.1. The quantitative estimate of drug-likeness (QED) is 0.853. The van der Waals surface area contributed by atoms with Crippen molar-refractivity contribution < 1.29 is 9.90 Å². The molecule has 2 rings (SSSR count). The maximum atomic E-state index is 12.2. The number of aryl methyl sites for hydroxylation is 2. The molecular formula is C16H16N2O2S. The fourth-order valence-corrected chi connectivity index (χ4v) is 2.76. The van der Waals surface area contributed by atoms with Crippen LogP contribution in [0.2, 0.25) is 0 Å². The number of aromatic nitrogens is 1. The summed E-state index contributed by atoms with van der Waals surface area (Å²) >= 11 is 1.34. The van der Waals surface area contributed by atoms with Gasteiger partial charge in [0.25, 0.3) is 5.91 Å². The van der Waals surface area contributed by atoms with E-state index in [1.54, 1.807) is 12.4 Å². The molecule has 0 saturated carbocycles. The van der Waals surface area contributed by atoms with Crippen molar-refractivity contribution in [1.29, 1.82) is 0 Å². The number of rotatable bonds is 3. The van der Waals surface area contributed by atoms with Crippen LogP contribution in [0, 0.1) is 25.7 Å². The van der Waals surface area contributed by atoms with Crippen molar-refractivity contribution >= 4 is 17.2 Å². The van der Waals surface area contributed by atoms with E-state index in [-0.39, 0.29) is 12.5 Å². The largest absolute Gasteiger partial charge is 0.384 e. The smallest absolute Gasteiger partial charge is 0.261 e. The van der Waals surface area contributed by atoms with Crippen LogP contribution in [0.15, 0.2) is 24.5 Å². The molecule has 0 aromatic carbocycles. The molecule has 0 atom stereocenters. The molecule has 108 valence electrons. The summed E-state index contributed by atoms with van der Waals surface area (Å²) in [6.45, 7) is 4.16. The molecule has 0 fully saturated rings. The summed E-state index contributed by atoms with van der Waals surface area (Å²) in [5, 5.41) is 11.6. The minimum Gasteiger partial charge on any atom is -0.384 e. The molecule has 2 aromatic heterocycles. The van der Waals surface area contributed by atoms with E-state index < -0.39 is 0 Å². The van der Waals surface area contributed by atoms with Crippen LogP contribution in [-0.2, 0) is 6.54 Å². The number of thiophene rings is 1. The molecule has 2 aromatic rings. The van der Waals surface area contributed by atoms with Crippen molar-refractivity contribution in [3.8, 4) is 11.8 Å². The molecule has 1 amide bonds. The number of carbonyl (C=O) groups is 1. The van der Waals surface area contributed by atoms with E-state index in [2.05, 4.69) is 22.1 Å². The number of hydrogen-bond acceptors (Lipinski definition) is 4. The summed E-state index contributed by atoms with van der Waals surface area (Å²) in [4.78, 5) is 17.6. The zero-order valence-corrected chi connectivity index (χ0v) is 12.8. The number of amides is 1. The van der Waals surface area contributed by atoms with E-state index in [9.17, 15) is 4.79 Å². The molecule has 4 nitrogen and oxygen atoms in total. The number of hydrogen-bond donors (Lipinski definition) is 2. The van der Waals surface area contributed by atoms with Crippen molar-refractivity contribution in [1.82, 2.24) is 10.3 Å². The van der Waals surface area contributed by atoms with Gasteiger partial charge in [-0.3, -0.25) is 9.78 Å². The molecule has 0 radical (unpaired) electrons. The number of aliphatic hydroxyl groups excluding tert-OH is 1. The van der Waals surface area contributed by atoms with Crippen LogP contribution < -0.4 is 5.32 Å². The van der Waals surface area contributed by atoms with Crippen molar-refractivity contribution in [3.63, 3.8) is 0 Å². The number of nitrogens with zero attached hydrogens (tertiary/aromatic N) is 1. The Bertz CT molecular complexity index is 711. The molecule has 0 spiro atoms. The summed E-state index contributed by atoms with van der Waals surface area (Å²) in [5.41, 5.74) is 3.05. The molecule has 21 heavy (non-hydrogen) atoms. The van der Waals surface area contributed by atoms with Crippen LogP contribution >= 0.6 is 11.3 Å². The second kappa shape index (κ2) is 7.02. The van der Waals surface area contributed by atoms with Crippen molar-refractivity contribution in [3.05, 3.63) is 51.0 Å². The standard InChI is InChI=1S/C16H16N2O2S/c1-11-8-15(21-14(11)4-3-7-19)16(20)18-10-13-5-6-17-9-12(13)2/h5-6,8-9,19H,7,10H2,1-2H3,(H,18,20). The lowest BCUT2D eigenvalue weighted by molar-refractivity contribution is 0.0955. The Kier molecular flexibility index (Phi) is 5.09. The summed E-state index contributed by atoms with van der Waals surface area (Å²) < 4.78 is 0. The van der Waals surface area contributed by atoms with E-state index in [1.807, 2.05) is 26.0 Å². The van der Waals surface area contributed by atoms with E-state index in [0.717, 1.165) is 21.6 Å². The number of carbonyl (C=O) groups excluding carboxylic acids is 1. The monoisotopic (exact) mass is 300 g/mol. The van der Waals surface area contributed by atoms with Crippen LogP contribution in [0.25, 0.3) is 0 Å². The van der Waals surface area contributed by atoms with Crippen LogP contribution in [0.3, 0.4) is 0 Å². The third-order valence-corrected chi connectivity index (χ3v) is 4.15. The molecule has 5 heteroatoms. The van der Waals surface area contributed by atoms with Gasteiger partial charge in [-0.1, -0.05) is 11.8 Å². The van der Waals surface area contributed by atoms with Crippen LogP contribution in [0.4, 0.5) is 0 Å². The van der Waals surface area contributed by atoms with E-state index in [1.165, 1.54) is 11.3 Å². The predicted octanol–water partition coefficient (Wildman–Crippen LogP) is 2.03. The molecule has 2 heterocycles. The lowest BCUT2D eigenvalue weighted by atomic mass is 10.1. The van der Waals surface area contributed by atoms with Crippen LogP contribution in [0.1, 0.15) is 31.2 Å². The Labute approximate surface area is 127 Å². The summed E-state index contributed by atoms with van der Waals surface area (Å²) in [6.07, 6.45) is 3.49. The maximum Gasteiger partial charge on any atom is 0.261 e. The average Bonchev–Trinajstić information content (AvgIpc) is 2.85. The molecule has 0 aliphatic rings. The molecule has 0 unspecified atom stereocenters. The lowest BCUT2D eigenvalue weighted by Crippen LogP contribution is -2.22. The van der Waals surface area contributed by atoms with Crippen molar-refractivity contribution in [2.75, 3.05) is 6.61 Å². The number of aliphatic hydroxyl groups is 1. The summed E-state index contributed by atoms with van der Waals surface area (Å²) in [7, 11) is 0. The average molecular weight is 300 g/mol. The Balaban J connectivity index is 2.06. The van der Waals surface area contributed by atoms with Gasteiger partial charge >= 0.3 is 0 Å². The van der Waals surface area contributed by atoms with Crippen molar-refractivity contribution in [2.45, 2.75) is 20.4 Å². The lowest BCUT2D eigenvalue weighted by Gasteiger charge is -2.06. The van der Waals surface area contributed by atoms with Gasteiger partial charge < -0.3 is 10.4 Å². The fourth-order valence-electron chi connectivity index (χ4n) is 1.80. The molecule has 0 saturated heterocycles. The Morgan fingerprint density at radius 2 is 2.24 bits per heavy atom. The Morgan fingerprint density at radius 3 is 2.95 bits per heavy atom. The molecule has 0 bridgehead atoms. The first kappa shape index (κ1) is 15.2. The third kappa shape index (κ3) is 3.91. The van der Waals surface area contributed by atoms with Gasteiger partial charge in [0.15, 0.2) is 0 Å². The molecule has 0 aliphatic heterocycles. The van der Waals surface area contributed by atoms with Crippen molar-refractivity contribution in [2.24, 2.45) is 0 Å². The Hall–Kier alpha value is -2.16. The fraction of sp³-hybridized carbons (Fsp3) is 0.250. The zero-order valence-electron chi connectivity index (χ0n) is 11.9. The maximum absolute atomic E-state index is 12.2. The van der Waals surface area contributed by atoms with Gasteiger partial charge in [0, 0.05) is 18.9 Å². The first-order valence-electron chi connectivity index (χ1n) is 6.49. The molecular weight excluding hydrogens is 284 g/mol. The predicted molar refractivity (Wildman–Crippen MR) is 83.2 cm³/mol. The van der Waals surface area contributed by atoms with Gasteiger partial charge in [0.1, 0.15) is 6.61 Å². The van der Waals surface area contributed by atoms with Crippen LogP contribution in [-0.4, -0.2) is 22.6 Å².